The highest BCUT2D eigenvalue weighted by Crippen LogP contribution is 2.44. The molecule has 0 saturated carbocycles. The highest BCUT2D eigenvalue weighted by Gasteiger charge is 2.39. The minimum atomic E-state index is -0.365. The van der Waals surface area contributed by atoms with E-state index in [-0.39, 0.29) is 17.2 Å². The van der Waals surface area contributed by atoms with Gasteiger partial charge in [0.05, 0.1) is 17.1 Å². The number of nitrogens with one attached hydrogen (secondary N) is 2. The number of fused-ring (bicyclic) bond motifs is 2. The molecule has 8 heteroatoms. The molecule has 1 atom stereocenters. The van der Waals surface area contributed by atoms with Gasteiger partial charge in [0, 0.05) is 30.1 Å². The Kier molecular flexibility index (Phi) is 3.30. The number of hydrogen-bond donors (Lipinski definition) is 2. The number of allylic oxidation sites excluding steroid dienone is 1. The van der Waals surface area contributed by atoms with Crippen molar-refractivity contribution in [2.45, 2.75) is 32.7 Å². The number of rotatable bonds is 1. The molecule has 2 aliphatic rings. The molecule has 0 amide bonds. The predicted octanol–water partition coefficient (Wildman–Crippen LogP) is 3.23. The van der Waals surface area contributed by atoms with E-state index in [1.165, 1.54) is 0 Å². The van der Waals surface area contributed by atoms with Gasteiger partial charge in [-0.25, -0.2) is 4.63 Å². The van der Waals surface area contributed by atoms with Gasteiger partial charge in [-0.3, -0.25) is 14.8 Å². The Morgan fingerprint density at radius 1 is 1.07 bits per heavy atom. The maximum atomic E-state index is 13.1. The maximum absolute atomic E-state index is 13.1. The molecule has 0 bridgehead atoms. The monoisotopic (exact) mass is 362 g/mol. The van der Waals surface area contributed by atoms with Crippen molar-refractivity contribution < 1.29 is 9.42 Å². The van der Waals surface area contributed by atoms with Gasteiger partial charge >= 0.3 is 0 Å². The molecule has 136 valence electrons. The molecule has 0 radical (unpaired) electrons. The van der Waals surface area contributed by atoms with Crippen LogP contribution in [0.2, 0.25) is 0 Å². The van der Waals surface area contributed by atoms with Crippen molar-refractivity contribution in [1.29, 1.82) is 0 Å². The third kappa shape index (κ3) is 2.64. The predicted molar refractivity (Wildman–Crippen MR) is 98.9 cm³/mol. The van der Waals surface area contributed by atoms with Gasteiger partial charge in [0.25, 0.3) is 0 Å². The zero-order chi connectivity index (χ0) is 18.6. The second-order valence-electron chi connectivity index (χ2n) is 7.80. The van der Waals surface area contributed by atoms with Gasteiger partial charge in [-0.1, -0.05) is 19.9 Å². The Bertz CT molecular complexity index is 1100. The summed E-state index contributed by atoms with van der Waals surface area (Å²) in [5.41, 5.74) is 3.96. The fourth-order valence-corrected chi connectivity index (χ4v) is 3.91. The van der Waals surface area contributed by atoms with Gasteiger partial charge in [-0.05, 0) is 39.8 Å². The summed E-state index contributed by atoms with van der Waals surface area (Å²) in [6, 6.07) is 5.47. The van der Waals surface area contributed by atoms with Crippen LogP contribution in [-0.4, -0.2) is 26.1 Å². The number of benzene rings is 1. The van der Waals surface area contributed by atoms with Crippen molar-refractivity contribution >= 4 is 28.5 Å². The first kappa shape index (κ1) is 15.9. The minimum absolute atomic E-state index is 0.118. The van der Waals surface area contributed by atoms with E-state index in [2.05, 4.69) is 44.8 Å². The molecule has 2 aromatic heterocycles. The first-order valence-corrected chi connectivity index (χ1v) is 8.83. The van der Waals surface area contributed by atoms with Crippen LogP contribution < -0.4 is 10.6 Å². The standard InChI is InChI=1S/C19H18N6O2/c1-19(2)8-13-15(14(26)9-19)16(23-18-17(22-13)24-27-25-18)10-3-4-11-12(7-10)21-6-5-20-11/h3-7,16H,8-9H2,1-2H3,(H,22,24)(H,23,25). The first-order chi connectivity index (χ1) is 13.0. The zero-order valence-electron chi connectivity index (χ0n) is 15.0. The Labute approximate surface area is 155 Å². The fraction of sp³-hybridized carbons (Fsp3) is 0.316. The van der Waals surface area contributed by atoms with E-state index in [0.29, 0.717) is 18.1 Å². The van der Waals surface area contributed by atoms with E-state index in [4.69, 9.17) is 4.63 Å². The van der Waals surface area contributed by atoms with Crippen LogP contribution in [0.1, 0.15) is 38.3 Å². The van der Waals surface area contributed by atoms with Crippen LogP contribution in [-0.2, 0) is 4.79 Å². The second kappa shape index (κ2) is 5.60. The number of hydrogen-bond acceptors (Lipinski definition) is 8. The third-order valence-corrected chi connectivity index (χ3v) is 5.07. The molecule has 0 spiro atoms. The highest BCUT2D eigenvalue weighted by atomic mass is 16.6. The van der Waals surface area contributed by atoms with E-state index in [0.717, 1.165) is 34.3 Å². The number of ketones is 1. The van der Waals surface area contributed by atoms with Crippen molar-refractivity contribution in [2.75, 3.05) is 10.6 Å². The topological polar surface area (TPSA) is 106 Å². The van der Waals surface area contributed by atoms with E-state index < -0.39 is 0 Å². The van der Waals surface area contributed by atoms with Crippen molar-refractivity contribution in [3.05, 3.63) is 47.4 Å². The van der Waals surface area contributed by atoms with Crippen LogP contribution >= 0.6 is 0 Å². The van der Waals surface area contributed by atoms with Crippen LogP contribution in [0.25, 0.3) is 11.0 Å². The van der Waals surface area contributed by atoms with Crippen LogP contribution in [0.3, 0.4) is 0 Å². The Hall–Kier alpha value is -3.29. The van der Waals surface area contributed by atoms with E-state index in [1.807, 2.05) is 18.2 Å². The Morgan fingerprint density at radius 2 is 1.85 bits per heavy atom. The van der Waals surface area contributed by atoms with E-state index in [1.54, 1.807) is 12.4 Å². The van der Waals surface area contributed by atoms with Gasteiger partial charge in [0.2, 0.25) is 11.6 Å². The summed E-state index contributed by atoms with van der Waals surface area (Å²) >= 11 is 0. The lowest BCUT2D eigenvalue weighted by Gasteiger charge is -2.34. The molecule has 1 aliphatic heterocycles. The molecular formula is C19H18N6O2. The number of nitrogens with zero attached hydrogens (tertiary/aromatic N) is 4. The molecule has 3 aromatic rings. The third-order valence-electron chi connectivity index (χ3n) is 5.07. The maximum Gasteiger partial charge on any atom is 0.219 e. The lowest BCUT2D eigenvalue weighted by Crippen LogP contribution is -2.31. The van der Waals surface area contributed by atoms with Gasteiger partial charge in [-0.15, -0.1) is 0 Å². The molecule has 1 unspecified atom stereocenters. The van der Waals surface area contributed by atoms with Crippen LogP contribution in [0.15, 0.2) is 46.5 Å². The van der Waals surface area contributed by atoms with Crippen molar-refractivity contribution in [3.63, 3.8) is 0 Å². The second-order valence-corrected chi connectivity index (χ2v) is 7.80. The summed E-state index contributed by atoms with van der Waals surface area (Å²) < 4.78 is 4.88. The van der Waals surface area contributed by atoms with Gasteiger partial charge in [0.15, 0.2) is 5.78 Å². The lowest BCUT2D eigenvalue weighted by molar-refractivity contribution is -0.118. The fourth-order valence-electron chi connectivity index (χ4n) is 3.91. The molecule has 5 rings (SSSR count). The Morgan fingerprint density at radius 3 is 2.70 bits per heavy atom. The summed E-state index contributed by atoms with van der Waals surface area (Å²) in [7, 11) is 0. The smallest absolute Gasteiger partial charge is 0.219 e. The van der Waals surface area contributed by atoms with Crippen molar-refractivity contribution in [2.24, 2.45) is 5.41 Å². The average Bonchev–Trinajstić information content (AvgIpc) is 2.99. The molecule has 0 saturated heterocycles. The Balaban J connectivity index is 1.69. The zero-order valence-corrected chi connectivity index (χ0v) is 15.0. The molecule has 3 heterocycles. The number of carbonyl (C=O) groups is 1. The first-order valence-electron chi connectivity index (χ1n) is 8.83. The summed E-state index contributed by atoms with van der Waals surface area (Å²) in [4.78, 5) is 21.8. The van der Waals surface area contributed by atoms with Crippen molar-refractivity contribution in [3.8, 4) is 0 Å². The average molecular weight is 362 g/mol. The number of aromatic nitrogens is 4. The normalized spacial score (nSPS) is 21.1. The van der Waals surface area contributed by atoms with Crippen LogP contribution in [0.5, 0.6) is 0 Å². The SMILES string of the molecule is CC1(C)CC(=O)C2=C(C1)Nc1nonc1NC2c1ccc2nccnc2c1. The summed E-state index contributed by atoms with van der Waals surface area (Å²) in [6.07, 6.45) is 4.56. The minimum Gasteiger partial charge on any atom is -0.353 e. The van der Waals surface area contributed by atoms with Gasteiger partial charge < -0.3 is 10.6 Å². The molecular weight excluding hydrogens is 344 g/mol. The number of carbonyl (C=O) groups excluding carboxylic acids is 1. The molecule has 1 aliphatic carbocycles. The molecule has 27 heavy (non-hydrogen) atoms. The quantitative estimate of drug-likeness (QED) is 0.680. The van der Waals surface area contributed by atoms with Crippen molar-refractivity contribution in [1.82, 2.24) is 20.3 Å². The number of anilines is 2. The molecule has 2 N–H and O–H groups in total. The summed E-state index contributed by atoms with van der Waals surface area (Å²) in [5, 5.41) is 14.5. The highest BCUT2D eigenvalue weighted by molar-refractivity contribution is 6.00. The largest absolute Gasteiger partial charge is 0.353 e. The summed E-state index contributed by atoms with van der Waals surface area (Å²) in [5.74, 6) is 1.10. The van der Waals surface area contributed by atoms with E-state index >= 15 is 0 Å². The van der Waals surface area contributed by atoms with Gasteiger partial charge in [-0.2, -0.15) is 0 Å². The lowest BCUT2D eigenvalue weighted by atomic mass is 9.73. The van der Waals surface area contributed by atoms with Crippen LogP contribution in [0.4, 0.5) is 11.6 Å². The number of Topliss-reactive ketones (excluding diaryl/α,β-unsaturated/α-hetero) is 1. The molecule has 8 nitrogen and oxygen atoms in total. The van der Waals surface area contributed by atoms with Crippen LogP contribution in [0, 0.1) is 5.41 Å². The summed E-state index contributed by atoms with van der Waals surface area (Å²) in [6.45, 7) is 4.19. The van der Waals surface area contributed by atoms with Gasteiger partial charge in [0.1, 0.15) is 0 Å². The van der Waals surface area contributed by atoms with E-state index in [9.17, 15) is 4.79 Å². The molecule has 1 aromatic carbocycles. The molecule has 0 fully saturated rings.